The minimum absolute atomic E-state index is 0.00565. The van der Waals surface area contributed by atoms with Gasteiger partial charge in [-0.3, -0.25) is 9.59 Å². The maximum atomic E-state index is 10.5. The van der Waals surface area contributed by atoms with Gasteiger partial charge in [0, 0.05) is 26.1 Å². The fraction of sp³-hybridized carbons (Fsp3) is 0.852. The van der Waals surface area contributed by atoms with Crippen molar-refractivity contribution in [1.29, 1.82) is 0 Å². The van der Waals surface area contributed by atoms with Gasteiger partial charge >= 0.3 is 17.9 Å². The number of ether oxygens (including phenoxy) is 4. The fourth-order valence-electron chi connectivity index (χ4n) is 1.96. The average molecular weight is 555 g/mol. The lowest BCUT2D eigenvalue weighted by atomic mass is 10.2. The number of Topliss-reactive ketones (excluding diaryl/α,β-unsaturated/α-hetero) is 1. The number of carbonyl (C=O) groups is 4. The SMILES string of the molecule is CC(=O)CCCCOC(C)C.CC(C)OCC(=O)O.CC(C)OCCC(=O)O.CC(C)OCCCC(=O)O. The van der Waals surface area contributed by atoms with Crippen LogP contribution in [0.3, 0.4) is 0 Å². The van der Waals surface area contributed by atoms with Crippen LogP contribution < -0.4 is 0 Å². The molecular weight excluding hydrogens is 500 g/mol. The monoisotopic (exact) mass is 554 g/mol. The van der Waals surface area contributed by atoms with E-state index in [2.05, 4.69) is 0 Å². The Labute approximate surface area is 229 Å². The molecule has 0 aromatic carbocycles. The number of aliphatic carboxylic acids is 3. The van der Waals surface area contributed by atoms with Crippen LogP contribution in [0.5, 0.6) is 0 Å². The summed E-state index contributed by atoms with van der Waals surface area (Å²) in [4.78, 5) is 40.2. The normalized spacial score (nSPS) is 10.2. The van der Waals surface area contributed by atoms with E-state index in [1.807, 2.05) is 41.5 Å². The molecule has 228 valence electrons. The van der Waals surface area contributed by atoms with Crippen LogP contribution in [0.4, 0.5) is 0 Å². The van der Waals surface area contributed by atoms with Crippen molar-refractivity contribution in [3.05, 3.63) is 0 Å². The van der Waals surface area contributed by atoms with E-state index in [9.17, 15) is 19.2 Å². The van der Waals surface area contributed by atoms with Gasteiger partial charge in [-0.15, -0.1) is 0 Å². The summed E-state index contributed by atoms with van der Waals surface area (Å²) in [7, 11) is 0. The molecule has 11 heteroatoms. The van der Waals surface area contributed by atoms with Crippen molar-refractivity contribution in [3.8, 4) is 0 Å². The highest BCUT2D eigenvalue weighted by Crippen LogP contribution is 1.98. The van der Waals surface area contributed by atoms with Crippen LogP contribution in [0.2, 0.25) is 0 Å². The number of ketones is 1. The third-order valence-electron chi connectivity index (χ3n) is 3.67. The zero-order chi connectivity index (χ0) is 30.5. The van der Waals surface area contributed by atoms with Gasteiger partial charge in [0.2, 0.25) is 0 Å². The van der Waals surface area contributed by atoms with E-state index in [0.29, 0.717) is 32.2 Å². The van der Waals surface area contributed by atoms with Crippen molar-refractivity contribution in [2.24, 2.45) is 0 Å². The minimum Gasteiger partial charge on any atom is -0.481 e. The van der Waals surface area contributed by atoms with Gasteiger partial charge in [-0.25, -0.2) is 4.79 Å². The number of unbranched alkanes of at least 4 members (excludes halogenated alkanes) is 1. The van der Waals surface area contributed by atoms with E-state index in [1.54, 1.807) is 20.8 Å². The maximum Gasteiger partial charge on any atom is 0.329 e. The number of rotatable bonds is 18. The lowest BCUT2D eigenvalue weighted by Gasteiger charge is -2.05. The third kappa shape index (κ3) is 64.2. The minimum atomic E-state index is -0.918. The lowest BCUT2D eigenvalue weighted by molar-refractivity contribution is -0.143. The molecule has 0 radical (unpaired) electrons. The zero-order valence-corrected chi connectivity index (χ0v) is 25.0. The van der Waals surface area contributed by atoms with E-state index < -0.39 is 17.9 Å². The summed E-state index contributed by atoms with van der Waals surface area (Å²) in [6, 6.07) is 0. The Morgan fingerprint density at radius 3 is 1.21 bits per heavy atom. The summed E-state index contributed by atoms with van der Waals surface area (Å²) in [6.07, 6.45) is 4.20. The summed E-state index contributed by atoms with van der Waals surface area (Å²) < 4.78 is 20.1. The van der Waals surface area contributed by atoms with Gasteiger partial charge in [-0.1, -0.05) is 0 Å². The molecule has 0 aliphatic rings. The first kappa shape index (κ1) is 43.0. The molecule has 0 saturated heterocycles. The highest BCUT2D eigenvalue weighted by atomic mass is 16.5. The summed E-state index contributed by atoms with van der Waals surface area (Å²) in [5.41, 5.74) is 0. The molecule has 11 nitrogen and oxygen atoms in total. The number of carboxylic acids is 3. The Hall–Kier alpha value is -2.08. The quantitative estimate of drug-likeness (QED) is 0.199. The first-order valence-electron chi connectivity index (χ1n) is 13.1. The lowest BCUT2D eigenvalue weighted by Crippen LogP contribution is -2.11. The molecule has 0 heterocycles. The molecule has 0 saturated carbocycles. The van der Waals surface area contributed by atoms with Crippen molar-refractivity contribution >= 4 is 23.7 Å². The molecule has 0 aromatic heterocycles. The summed E-state index contributed by atoms with van der Waals surface area (Å²) in [6.45, 7) is 18.3. The van der Waals surface area contributed by atoms with Gasteiger partial charge in [0.15, 0.2) is 0 Å². The molecule has 0 amide bonds. The van der Waals surface area contributed by atoms with Gasteiger partial charge in [0.05, 0.1) is 37.4 Å². The number of carbonyl (C=O) groups excluding carboxylic acids is 1. The van der Waals surface area contributed by atoms with E-state index in [4.69, 9.17) is 34.3 Å². The van der Waals surface area contributed by atoms with Gasteiger partial charge in [-0.2, -0.15) is 0 Å². The standard InChI is InChI=1S/C9H18O2.C7H14O3.C6H12O3.C5H10O3/c1-8(2)11-7-5-4-6-9(3)10;1-6(2)10-5-3-4-7(8)9;1-5(2)9-4-3-6(7)8;1-4(2)8-3-5(6)7/h8H,4-7H2,1-3H3;6H,3-5H2,1-2H3,(H,8,9);5H,3-4H2,1-2H3,(H,7,8);4H,3H2,1-2H3,(H,6,7). The molecule has 0 aliphatic heterocycles. The van der Waals surface area contributed by atoms with Crippen LogP contribution in [-0.4, -0.2) is 89.9 Å². The van der Waals surface area contributed by atoms with E-state index in [1.165, 1.54) is 0 Å². The highest BCUT2D eigenvalue weighted by molar-refractivity contribution is 5.75. The Balaban J connectivity index is -0.000000204. The molecule has 0 aliphatic carbocycles. The van der Waals surface area contributed by atoms with Crippen LogP contribution in [0.15, 0.2) is 0 Å². The number of carboxylic acid groups (broad SMARTS) is 3. The maximum absolute atomic E-state index is 10.5. The molecule has 3 N–H and O–H groups in total. The average Bonchev–Trinajstić information content (AvgIpc) is 2.75. The van der Waals surface area contributed by atoms with Crippen LogP contribution in [0.25, 0.3) is 0 Å². The van der Waals surface area contributed by atoms with Crippen LogP contribution in [-0.2, 0) is 38.1 Å². The topological polar surface area (TPSA) is 166 Å². The second-order valence-corrected chi connectivity index (χ2v) is 9.31. The van der Waals surface area contributed by atoms with Gasteiger partial charge < -0.3 is 39.1 Å². The number of hydrogen-bond acceptors (Lipinski definition) is 8. The number of hydrogen-bond donors (Lipinski definition) is 3. The molecule has 0 atom stereocenters. The van der Waals surface area contributed by atoms with Crippen molar-refractivity contribution < 1.29 is 53.4 Å². The van der Waals surface area contributed by atoms with E-state index in [0.717, 1.165) is 19.4 Å². The van der Waals surface area contributed by atoms with Crippen molar-refractivity contribution in [3.63, 3.8) is 0 Å². The molecule has 0 fully saturated rings. The molecule has 0 aromatic rings. The molecular formula is C27H54O11. The van der Waals surface area contributed by atoms with Crippen LogP contribution in [0, 0.1) is 0 Å². The Morgan fingerprint density at radius 1 is 0.500 bits per heavy atom. The zero-order valence-electron chi connectivity index (χ0n) is 25.0. The summed E-state index contributed by atoms with van der Waals surface area (Å²) in [5, 5.41) is 24.4. The van der Waals surface area contributed by atoms with Gasteiger partial charge in [-0.05, 0) is 81.6 Å². The second kappa shape index (κ2) is 31.1. The molecule has 38 heavy (non-hydrogen) atoms. The van der Waals surface area contributed by atoms with Crippen molar-refractivity contribution in [1.82, 2.24) is 0 Å². The van der Waals surface area contributed by atoms with Crippen LogP contribution in [0.1, 0.15) is 101 Å². The second-order valence-electron chi connectivity index (χ2n) is 9.31. The molecule has 0 bridgehead atoms. The van der Waals surface area contributed by atoms with Gasteiger partial charge in [0.1, 0.15) is 12.4 Å². The first-order chi connectivity index (χ1) is 17.5. The molecule has 0 unspecified atom stereocenters. The van der Waals surface area contributed by atoms with Crippen molar-refractivity contribution in [2.45, 2.75) is 125 Å². The summed E-state index contributed by atoms with van der Waals surface area (Å²) >= 11 is 0. The van der Waals surface area contributed by atoms with Gasteiger partial charge in [0.25, 0.3) is 0 Å². The Kier molecular flexibility index (Phi) is 35.2. The van der Waals surface area contributed by atoms with E-state index in [-0.39, 0.29) is 43.5 Å². The highest BCUT2D eigenvalue weighted by Gasteiger charge is 1.99. The first-order valence-corrected chi connectivity index (χ1v) is 13.1. The fourth-order valence-corrected chi connectivity index (χ4v) is 1.96. The Bertz CT molecular complexity index is 573. The predicted molar refractivity (Wildman–Crippen MR) is 146 cm³/mol. The largest absolute Gasteiger partial charge is 0.481 e. The van der Waals surface area contributed by atoms with Crippen molar-refractivity contribution in [2.75, 3.05) is 26.4 Å². The smallest absolute Gasteiger partial charge is 0.329 e. The predicted octanol–water partition coefficient (Wildman–Crippen LogP) is 4.83. The Morgan fingerprint density at radius 2 is 0.895 bits per heavy atom. The van der Waals surface area contributed by atoms with Crippen LogP contribution >= 0.6 is 0 Å². The van der Waals surface area contributed by atoms with E-state index >= 15 is 0 Å². The molecule has 0 spiro atoms. The third-order valence-corrected chi connectivity index (χ3v) is 3.67. The molecule has 0 rings (SSSR count). The summed E-state index contributed by atoms with van der Waals surface area (Å²) in [5.74, 6) is -2.21.